The lowest BCUT2D eigenvalue weighted by Gasteiger charge is -2.38. The number of nitrogens with zero attached hydrogens (tertiary/aromatic N) is 3. The number of pyridine rings is 1. The van der Waals surface area contributed by atoms with Gasteiger partial charge in [-0.05, 0) is 50.3 Å². The number of amides is 1. The lowest BCUT2D eigenvalue weighted by Crippen LogP contribution is -2.41. The quantitative estimate of drug-likeness (QED) is 0.728. The third-order valence-corrected chi connectivity index (χ3v) is 5.27. The van der Waals surface area contributed by atoms with Crippen LogP contribution in [0.2, 0.25) is 0 Å². The molecule has 0 saturated heterocycles. The van der Waals surface area contributed by atoms with Crippen LogP contribution in [-0.2, 0) is 0 Å². The van der Waals surface area contributed by atoms with E-state index >= 15 is 0 Å². The standard InChI is InChI=1S/C21H24N4O2/c1-13(2)25-12-17(11-23-25)21(27)24-20(15-8-18(26)9-15)16-7-14-5-3-4-6-19(14)22-10-16/h3-7,10-13,15,18,20,26H,8-9H2,1-2H3,(H,24,27)/t15?,18?,20-/m0/s1. The predicted molar refractivity (Wildman–Crippen MR) is 103 cm³/mol. The van der Waals surface area contributed by atoms with Gasteiger partial charge in [0.15, 0.2) is 0 Å². The molecule has 2 aromatic heterocycles. The normalized spacial score (nSPS) is 20.4. The van der Waals surface area contributed by atoms with E-state index in [0.29, 0.717) is 18.4 Å². The van der Waals surface area contributed by atoms with Crippen LogP contribution in [0.1, 0.15) is 54.7 Å². The summed E-state index contributed by atoms with van der Waals surface area (Å²) in [7, 11) is 0. The van der Waals surface area contributed by atoms with Gasteiger partial charge in [-0.3, -0.25) is 14.5 Å². The number of carbonyl (C=O) groups is 1. The minimum absolute atomic E-state index is 0.151. The number of hydrogen-bond donors (Lipinski definition) is 2. The molecule has 1 saturated carbocycles. The summed E-state index contributed by atoms with van der Waals surface area (Å²) in [4.78, 5) is 17.3. The molecule has 4 rings (SSSR count). The molecule has 0 aliphatic heterocycles. The van der Waals surface area contributed by atoms with Gasteiger partial charge in [0.1, 0.15) is 0 Å². The summed E-state index contributed by atoms with van der Waals surface area (Å²) < 4.78 is 1.77. The Balaban J connectivity index is 1.61. The highest BCUT2D eigenvalue weighted by molar-refractivity contribution is 5.94. The van der Waals surface area contributed by atoms with Crippen molar-refractivity contribution in [1.82, 2.24) is 20.1 Å². The Morgan fingerprint density at radius 2 is 2.04 bits per heavy atom. The van der Waals surface area contributed by atoms with Gasteiger partial charge < -0.3 is 10.4 Å². The summed E-state index contributed by atoms with van der Waals surface area (Å²) in [5.74, 6) is 0.0495. The summed E-state index contributed by atoms with van der Waals surface area (Å²) in [5, 5.41) is 18.2. The molecule has 140 valence electrons. The molecule has 0 unspecified atom stereocenters. The van der Waals surface area contributed by atoms with E-state index in [1.54, 1.807) is 17.1 Å². The number of aliphatic hydroxyl groups is 1. The van der Waals surface area contributed by atoms with Crippen LogP contribution >= 0.6 is 0 Å². The van der Waals surface area contributed by atoms with Crippen LogP contribution in [0.25, 0.3) is 10.9 Å². The Hall–Kier alpha value is -2.73. The van der Waals surface area contributed by atoms with Crippen molar-refractivity contribution in [2.45, 2.75) is 44.9 Å². The van der Waals surface area contributed by atoms with Gasteiger partial charge in [-0.15, -0.1) is 0 Å². The number of nitrogens with one attached hydrogen (secondary N) is 1. The Labute approximate surface area is 158 Å². The van der Waals surface area contributed by atoms with Gasteiger partial charge in [0.2, 0.25) is 0 Å². The third kappa shape index (κ3) is 3.57. The number of para-hydroxylation sites is 1. The van der Waals surface area contributed by atoms with Gasteiger partial charge in [0, 0.05) is 23.8 Å². The van der Waals surface area contributed by atoms with Crippen LogP contribution in [0, 0.1) is 5.92 Å². The van der Waals surface area contributed by atoms with E-state index < -0.39 is 0 Å². The van der Waals surface area contributed by atoms with Crippen LogP contribution in [0.15, 0.2) is 48.9 Å². The highest BCUT2D eigenvalue weighted by Gasteiger charge is 2.36. The van der Waals surface area contributed by atoms with E-state index in [2.05, 4.69) is 21.5 Å². The molecule has 1 aromatic carbocycles. The Morgan fingerprint density at radius 1 is 1.26 bits per heavy atom. The first-order valence-electron chi connectivity index (χ1n) is 9.39. The van der Waals surface area contributed by atoms with Gasteiger partial charge in [0.25, 0.3) is 5.91 Å². The topological polar surface area (TPSA) is 80.0 Å². The van der Waals surface area contributed by atoms with Gasteiger partial charge in [-0.2, -0.15) is 5.10 Å². The largest absolute Gasteiger partial charge is 0.393 e. The number of aliphatic hydroxyl groups excluding tert-OH is 1. The lowest BCUT2D eigenvalue weighted by molar-refractivity contribution is 0.0235. The first-order chi connectivity index (χ1) is 13.0. The van der Waals surface area contributed by atoms with Crippen molar-refractivity contribution in [3.63, 3.8) is 0 Å². The van der Waals surface area contributed by atoms with Crippen molar-refractivity contribution in [2.75, 3.05) is 0 Å². The van der Waals surface area contributed by atoms with Gasteiger partial charge in [-0.25, -0.2) is 0 Å². The number of benzene rings is 1. The number of fused-ring (bicyclic) bond motifs is 1. The smallest absolute Gasteiger partial charge is 0.254 e. The highest BCUT2D eigenvalue weighted by atomic mass is 16.3. The molecule has 27 heavy (non-hydrogen) atoms. The molecule has 1 fully saturated rings. The summed E-state index contributed by atoms with van der Waals surface area (Å²) in [6, 6.07) is 10.0. The number of rotatable bonds is 5. The van der Waals surface area contributed by atoms with Gasteiger partial charge in [-0.1, -0.05) is 18.2 Å². The zero-order chi connectivity index (χ0) is 19.0. The van der Waals surface area contributed by atoms with E-state index in [-0.39, 0.29) is 30.0 Å². The van der Waals surface area contributed by atoms with Gasteiger partial charge >= 0.3 is 0 Å². The Morgan fingerprint density at radius 3 is 2.74 bits per heavy atom. The van der Waals surface area contributed by atoms with Crippen molar-refractivity contribution in [3.05, 3.63) is 60.0 Å². The SMILES string of the molecule is CC(C)n1cc(C(=O)N[C@H](c2cnc3ccccc3c2)C2CC(O)C2)cn1. The Kier molecular flexibility index (Phi) is 4.66. The van der Waals surface area contributed by atoms with Crippen molar-refractivity contribution in [2.24, 2.45) is 5.92 Å². The summed E-state index contributed by atoms with van der Waals surface area (Å²) in [5.41, 5.74) is 2.44. The van der Waals surface area contributed by atoms with Crippen LogP contribution in [0.5, 0.6) is 0 Å². The average molecular weight is 364 g/mol. The predicted octanol–water partition coefficient (Wildman–Crippen LogP) is 3.25. The minimum atomic E-state index is -0.286. The molecule has 3 aromatic rings. The molecule has 6 heteroatoms. The van der Waals surface area contributed by atoms with Crippen LogP contribution in [0.4, 0.5) is 0 Å². The number of hydrogen-bond acceptors (Lipinski definition) is 4. The summed E-state index contributed by atoms with van der Waals surface area (Å²) in [6.45, 7) is 4.04. The molecule has 1 aliphatic carbocycles. The Bertz CT molecular complexity index is 959. The van der Waals surface area contributed by atoms with E-state index in [1.807, 2.05) is 44.3 Å². The number of carbonyl (C=O) groups excluding carboxylic acids is 1. The first-order valence-corrected chi connectivity index (χ1v) is 9.39. The lowest BCUT2D eigenvalue weighted by atomic mass is 9.75. The molecule has 1 amide bonds. The average Bonchev–Trinajstić information content (AvgIpc) is 3.14. The minimum Gasteiger partial charge on any atom is -0.393 e. The molecule has 2 heterocycles. The molecule has 0 radical (unpaired) electrons. The maximum Gasteiger partial charge on any atom is 0.254 e. The van der Waals surface area contributed by atoms with Crippen LogP contribution in [-0.4, -0.2) is 31.9 Å². The van der Waals surface area contributed by atoms with Crippen molar-refractivity contribution >= 4 is 16.8 Å². The fourth-order valence-corrected chi connectivity index (χ4v) is 3.60. The second-order valence-electron chi connectivity index (χ2n) is 7.60. The van der Waals surface area contributed by atoms with E-state index in [9.17, 15) is 9.90 Å². The van der Waals surface area contributed by atoms with Crippen molar-refractivity contribution in [3.8, 4) is 0 Å². The second-order valence-corrected chi connectivity index (χ2v) is 7.60. The van der Waals surface area contributed by atoms with Crippen LogP contribution in [0.3, 0.4) is 0 Å². The van der Waals surface area contributed by atoms with E-state index in [1.165, 1.54) is 0 Å². The molecule has 6 nitrogen and oxygen atoms in total. The van der Waals surface area contributed by atoms with Gasteiger partial charge in [0.05, 0.1) is 29.4 Å². The van der Waals surface area contributed by atoms with Crippen LogP contribution < -0.4 is 5.32 Å². The highest BCUT2D eigenvalue weighted by Crippen LogP contribution is 2.38. The fraction of sp³-hybridized carbons (Fsp3) is 0.381. The summed E-state index contributed by atoms with van der Waals surface area (Å²) in [6.07, 6.45) is 6.28. The summed E-state index contributed by atoms with van der Waals surface area (Å²) >= 11 is 0. The molecule has 1 aliphatic rings. The molecule has 0 bridgehead atoms. The van der Waals surface area contributed by atoms with E-state index in [4.69, 9.17) is 0 Å². The molecular weight excluding hydrogens is 340 g/mol. The molecular formula is C21H24N4O2. The zero-order valence-electron chi connectivity index (χ0n) is 15.5. The van der Waals surface area contributed by atoms with Crippen molar-refractivity contribution in [1.29, 1.82) is 0 Å². The third-order valence-electron chi connectivity index (χ3n) is 5.27. The monoisotopic (exact) mass is 364 g/mol. The molecule has 0 spiro atoms. The maximum atomic E-state index is 12.8. The molecule has 1 atom stereocenters. The van der Waals surface area contributed by atoms with Crippen molar-refractivity contribution < 1.29 is 9.90 Å². The fourth-order valence-electron chi connectivity index (χ4n) is 3.60. The second kappa shape index (κ2) is 7.12. The number of aromatic nitrogens is 3. The maximum absolute atomic E-state index is 12.8. The zero-order valence-corrected chi connectivity index (χ0v) is 15.5. The van der Waals surface area contributed by atoms with E-state index in [0.717, 1.165) is 16.5 Å². The molecule has 2 N–H and O–H groups in total. The first kappa shape index (κ1) is 17.7.